The van der Waals surface area contributed by atoms with E-state index in [0.29, 0.717) is 12.2 Å². The lowest BCUT2D eigenvalue weighted by Crippen LogP contribution is -2.54. The number of hydrogen-bond acceptors (Lipinski definition) is 4. The molecular weight excluding hydrogens is 318 g/mol. The number of rotatable bonds is 4. The molecule has 0 unspecified atom stereocenters. The van der Waals surface area contributed by atoms with Gasteiger partial charge in [0.25, 0.3) is 0 Å². The van der Waals surface area contributed by atoms with Gasteiger partial charge in [0.05, 0.1) is 11.4 Å². The van der Waals surface area contributed by atoms with Crippen LogP contribution >= 0.6 is 0 Å². The van der Waals surface area contributed by atoms with E-state index in [4.69, 9.17) is 0 Å². The minimum Gasteiger partial charge on any atom is -0.338 e. The number of piperazine rings is 1. The Kier molecular flexibility index (Phi) is 5.06. The first kappa shape index (κ1) is 17.4. The monoisotopic (exact) mass is 339 g/mol. The van der Waals surface area contributed by atoms with Crippen LogP contribution in [-0.2, 0) is 19.6 Å². The van der Waals surface area contributed by atoms with Gasteiger partial charge < -0.3 is 10.2 Å². The summed E-state index contributed by atoms with van der Waals surface area (Å²) in [6.45, 7) is 5.71. The number of nitrogens with one attached hydrogen (secondary N) is 1. The van der Waals surface area contributed by atoms with Crippen molar-refractivity contribution in [2.24, 2.45) is 0 Å². The fourth-order valence-corrected chi connectivity index (χ4v) is 3.86. The normalized spacial score (nSPS) is 16.7. The molecule has 1 fully saturated rings. The molecule has 1 heterocycles. The zero-order valence-electron chi connectivity index (χ0n) is 13.4. The zero-order valence-corrected chi connectivity index (χ0v) is 14.3. The average molecular weight is 339 g/mol. The lowest BCUT2D eigenvalue weighted by molar-refractivity contribution is -0.135. The van der Waals surface area contributed by atoms with Crippen molar-refractivity contribution in [2.45, 2.75) is 31.7 Å². The van der Waals surface area contributed by atoms with Gasteiger partial charge in [-0.05, 0) is 38.1 Å². The molecule has 1 aliphatic rings. The summed E-state index contributed by atoms with van der Waals surface area (Å²) in [5.74, 6) is -0.416. The summed E-state index contributed by atoms with van der Waals surface area (Å²) in [5.41, 5.74) is 0.525. The first-order chi connectivity index (χ1) is 10.7. The van der Waals surface area contributed by atoms with Crippen molar-refractivity contribution in [1.82, 2.24) is 9.21 Å². The quantitative estimate of drug-likeness (QED) is 0.882. The number of benzene rings is 1. The van der Waals surface area contributed by atoms with Crippen molar-refractivity contribution in [2.75, 3.05) is 25.0 Å². The molecule has 2 amide bonds. The second-order valence-electron chi connectivity index (χ2n) is 5.73. The molecule has 126 valence electrons. The molecule has 0 aromatic heterocycles. The van der Waals surface area contributed by atoms with E-state index >= 15 is 0 Å². The Balaban J connectivity index is 2.16. The number of carbonyl (C=O) groups is 2. The maximum Gasteiger partial charge on any atom is 0.243 e. The predicted molar refractivity (Wildman–Crippen MR) is 86.4 cm³/mol. The molecule has 2 rings (SSSR count). The van der Waals surface area contributed by atoms with E-state index in [1.54, 1.807) is 4.90 Å². The maximum atomic E-state index is 12.6. The highest BCUT2D eigenvalue weighted by Gasteiger charge is 2.33. The molecule has 1 N–H and O–H groups in total. The Morgan fingerprint density at radius 3 is 2.26 bits per heavy atom. The number of nitrogens with zero attached hydrogens (tertiary/aromatic N) is 2. The maximum absolute atomic E-state index is 12.6. The first-order valence-electron chi connectivity index (χ1n) is 7.39. The minimum atomic E-state index is -3.72. The number of amides is 2. The Bertz CT molecular complexity index is 698. The predicted octanol–water partition coefficient (Wildman–Crippen LogP) is 0.886. The van der Waals surface area contributed by atoms with Gasteiger partial charge in [0, 0.05) is 31.7 Å². The van der Waals surface area contributed by atoms with Crippen LogP contribution < -0.4 is 5.32 Å². The van der Waals surface area contributed by atoms with Crippen LogP contribution in [0.5, 0.6) is 0 Å². The van der Waals surface area contributed by atoms with Crippen LogP contribution in [0.1, 0.15) is 20.8 Å². The summed E-state index contributed by atoms with van der Waals surface area (Å²) in [4.78, 5) is 24.8. The van der Waals surface area contributed by atoms with E-state index < -0.39 is 10.0 Å². The molecule has 1 saturated heterocycles. The molecule has 0 bridgehead atoms. The number of carbonyl (C=O) groups excluding carboxylic acids is 2. The first-order valence-corrected chi connectivity index (χ1v) is 8.83. The standard InChI is InChI=1S/C15H21N3O4S/c1-11(2)18-9-8-17(10-15(18)20)23(21,22)14-6-4-13(5-7-14)16-12(3)19/h4-7,11H,8-10H2,1-3H3,(H,16,19). The number of sulfonamides is 1. The molecule has 0 saturated carbocycles. The molecule has 1 aromatic carbocycles. The molecule has 8 heteroatoms. The molecular formula is C15H21N3O4S. The van der Waals surface area contributed by atoms with Crippen LogP contribution in [0.2, 0.25) is 0 Å². The van der Waals surface area contributed by atoms with Gasteiger partial charge in [-0.3, -0.25) is 9.59 Å². The zero-order chi connectivity index (χ0) is 17.2. The van der Waals surface area contributed by atoms with E-state index in [9.17, 15) is 18.0 Å². The van der Waals surface area contributed by atoms with E-state index in [0.717, 1.165) is 0 Å². The SMILES string of the molecule is CC(=O)Nc1ccc(S(=O)(=O)N2CCN(C(C)C)C(=O)C2)cc1. The van der Waals surface area contributed by atoms with Gasteiger partial charge >= 0.3 is 0 Å². The van der Waals surface area contributed by atoms with Gasteiger partial charge in [-0.25, -0.2) is 8.42 Å². The smallest absolute Gasteiger partial charge is 0.243 e. The number of anilines is 1. The van der Waals surface area contributed by atoms with Gasteiger partial charge in [0.2, 0.25) is 21.8 Å². The van der Waals surface area contributed by atoms with Gasteiger partial charge in [-0.1, -0.05) is 0 Å². The van der Waals surface area contributed by atoms with Crippen LogP contribution in [0.3, 0.4) is 0 Å². The van der Waals surface area contributed by atoms with Crippen LogP contribution in [0.25, 0.3) is 0 Å². The number of hydrogen-bond donors (Lipinski definition) is 1. The van der Waals surface area contributed by atoms with Gasteiger partial charge in [-0.15, -0.1) is 0 Å². The highest BCUT2D eigenvalue weighted by Crippen LogP contribution is 2.20. The van der Waals surface area contributed by atoms with Crippen LogP contribution in [0, 0.1) is 0 Å². The fraction of sp³-hybridized carbons (Fsp3) is 0.467. The second kappa shape index (κ2) is 6.67. The van der Waals surface area contributed by atoms with Crippen LogP contribution in [-0.4, -0.2) is 55.1 Å². The highest BCUT2D eigenvalue weighted by molar-refractivity contribution is 7.89. The van der Waals surface area contributed by atoms with E-state index in [1.807, 2.05) is 13.8 Å². The van der Waals surface area contributed by atoms with Crippen molar-refractivity contribution in [3.8, 4) is 0 Å². The minimum absolute atomic E-state index is 0.0595. The summed E-state index contributed by atoms with van der Waals surface area (Å²) in [5, 5.41) is 2.58. The van der Waals surface area contributed by atoms with E-state index in [2.05, 4.69) is 5.32 Å². The van der Waals surface area contributed by atoms with E-state index in [-0.39, 0.29) is 35.8 Å². The van der Waals surface area contributed by atoms with Crippen molar-refractivity contribution in [3.63, 3.8) is 0 Å². The van der Waals surface area contributed by atoms with Gasteiger partial charge in [0.15, 0.2) is 0 Å². The Hall–Kier alpha value is -1.93. The summed E-state index contributed by atoms with van der Waals surface area (Å²) in [6, 6.07) is 5.98. The van der Waals surface area contributed by atoms with Crippen LogP contribution in [0.15, 0.2) is 29.2 Å². The Morgan fingerprint density at radius 2 is 1.78 bits per heavy atom. The summed E-state index contributed by atoms with van der Waals surface area (Å²) < 4.78 is 26.4. The van der Waals surface area contributed by atoms with Crippen molar-refractivity contribution >= 4 is 27.5 Å². The molecule has 7 nitrogen and oxygen atoms in total. The summed E-state index contributed by atoms with van der Waals surface area (Å²) >= 11 is 0. The molecule has 1 aromatic rings. The summed E-state index contributed by atoms with van der Waals surface area (Å²) in [7, 11) is -3.72. The van der Waals surface area contributed by atoms with Crippen molar-refractivity contribution in [1.29, 1.82) is 0 Å². The summed E-state index contributed by atoms with van der Waals surface area (Å²) in [6.07, 6.45) is 0. The van der Waals surface area contributed by atoms with Gasteiger partial charge in [0.1, 0.15) is 0 Å². The average Bonchev–Trinajstić information content (AvgIpc) is 2.46. The molecule has 0 radical (unpaired) electrons. The molecule has 0 aliphatic carbocycles. The third kappa shape index (κ3) is 3.89. The molecule has 1 aliphatic heterocycles. The fourth-order valence-electron chi connectivity index (χ4n) is 2.48. The molecule has 23 heavy (non-hydrogen) atoms. The highest BCUT2D eigenvalue weighted by atomic mass is 32.2. The second-order valence-corrected chi connectivity index (χ2v) is 7.66. The Labute approximate surface area is 136 Å². The molecule has 0 atom stereocenters. The van der Waals surface area contributed by atoms with Crippen molar-refractivity contribution in [3.05, 3.63) is 24.3 Å². The Morgan fingerprint density at radius 1 is 1.17 bits per heavy atom. The third-order valence-electron chi connectivity index (χ3n) is 3.66. The lowest BCUT2D eigenvalue weighted by atomic mass is 10.2. The van der Waals surface area contributed by atoms with E-state index in [1.165, 1.54) is 35.5 Å². The third-order valence-corrected chi connectivity index (χ3v) is 5.52. The largest absolute Gasteiger partial charge is 0.338 e. The topological polar surface area (TPSA) is 86.8 Å². The lowest BCUT2D eigenvalue weighted by Gasteiger charge is -2.36. The van der Waals surface area contributed by atoms with Gasteiger partial charge in [-0.2, -0.15) is 4.31 Å². The van der Waals surface area contributed by atoms with Crippen molar-refractivity contribution < 1.29 is 18.0 Å². The molecule has 0 spiro atoms. The van der Waals surface area contributed by atoms with Crippen LogP contribution in [0.4, 0.5) is 5.69 Å².